The molecule has 0 aliphatic carbocycles. The predicted octanol–water partition coefficient (Wildman–Crippen LogP) is 1.45. The molecule has 0 saturated heterocycles. The zero-order valence-corrected chi connectivity index (χ0v) is 9.59. The molecular formula is C10H14FNO2S. The van der Waals surface area contributed by atoms with E-state index < -0.39 is 16.7 Å². The number of halogens is 1. The maximum absolute atomic E-state index is 12.2. The minimum absolute atomic E-state index is 0.128. The van der Waals surface area contributed by atoms with Crippen molar-refractivity contribution in [2.24, 2.45) is 0 Å². The van der Waals surface area contributed by atoms with Crippen molar-refractivity contribution in [3.8, 4) is 0 Å². The Hall–Kier alpha value is -0.940. The summed E-state index contributed by atoms with van der Waals surface area (Å²) in [5, 5.41) is 0. The molecule has 0 atom stereocenters. The van der Waals surface area contributed by atoms with Gasteiger partial charge in [0.1, 0.15) is 0 Å². The lowest BCUT2D eigenvalue weighted by Gasteiger charge is -2.14. The second kappa shape index (κ2) is 4.72. The molecule has 0 bridgehead atoms. The van der Waals surface area contributed by atoms with Crippen molar-refractivity contribution in [3.05, 3.63) is 29.8 Å². The van der Waals surface area contributed by atoms with E-state index in [-0.39, 0.29) is 11.3 Å². The molecule has 0 aliphatic rings. The fraction of sp³-hybridized carbons (Fsp3) is 0.400. The molecule has 0 aliphatic heterocycles. The highest BCUT2D eigenvalue weighted by Crippen LogP contribution is 2.18. The minimum Gasteiger partial charge on any atom is -0.251 e. The Morgan fingerprint density at radius 1 is 1.27 bits per heavy atom. The highest BCUT2D eigenvalue weighted by Gasteiger charge is 2.20. The lowest BCUT2D eigenvalue weighted by molar-refractivity contribution is 0.490. The van der Waals surface area contributed by atoms with Crippen LogP contribution in [0, 0.1) is 0 Å². The summed E-state index contributed by atoms with van der Waals surface area (Å²) in [5.41, 5.74) is 0.522. The first-order valence-corrected chi connectivity index (χ1v) is 6.00. The first-order valence-electron chi connectivity index (χ1n) is 4.56. The second-order valence-electron chi connectivity index (χ2n) is 3.33. The first-order chi connectivity index (χ1) is 7.00. The fourth-order valence-corrected chi connectivity index (χ4v) is 2.41. The summed E-state index contributed by atoms with van der Waals surface area (Å²) in [6.07, 6.45) is 0.128. The monoisotopic (exact) mass is 231 g/mol. The van der Waals surface area contributed by atoms with Gasteiger partial charge in [-0.15, -0.1) is 0 Å². The third-order valence-electron chi connectivity index (χ3n) is 2.10. The SMILES string of the molecule is CN(C)S(=O)(=O)c1ccccc1CCF. The lowest BCUT2D eigenvalue weighted by Crippen LogP contribution is -2.23. The average molecular weight is 231 g/mol. The van der Waals surface area contributed by atoms with E-state index in [1.807, 2.05) is 0 Å². The molecule has 0 spiro atoms. The van der Waals surface area contributed by atoms with Crippen molar-refractivity contribution in [3.63, 3.8) is 0 Å². The van der Waals surface area contributed by atoms with E-state index in [2.05, 4.69) is 0 Å². The third kappa shape index (κ3) is 2.54. The molecule has 1 rings (SSSR count). The number of sulfonamides is 1. The fourth-order valence-electron chi connectivity index (χ4n) is 1.26. The number of hydrogen-bond donors (Lipinski definition) is 0. The molecule has 3 nitrogen and oxygen atoms in total. The van der Waals surface area contributed by atoms with Gasteiger partial charge in [-0.1, -0.05) is 18.2 Å². The molecule has 0 radical (unpaired) electrons. The van der Waals surface area contributed by atoms with Gasteiger partial charge in [0.15, 0.2) is 0 Å². The number of benzene rings is 1. The van der Waals surface area contributed by atoms with E-state index in [1.165, 1.54) is 20.2 Å². The second-order valence-corrected chi connectivity index (χ2v) is 5.45. The molecule has 1 aromatic rings. The van der Waals surface area contributed by atoms with Crippen LogP contribution in [-0.2, 0) is 16.4 Å². The Kier molecular flexibility index (Phi) is 3.82. The van der Waals surface area contributed by atoms with Gasteiger partial charge in [0.2, 0.25) is 10.0 Å². The summed E-state index contributed by atoms with van der Waals surface area (Å²) < 4.78 is 37.0. The molecule has 0 aromatic heterocycles. The van der Waals surface area contributed by atoms with Crippen LogP contribution in [0.3, 0.4) is 0 Å². The Labute approximate surface area is 89.6 Å². The van der Waals surface area contributed by atoms with Crippen molar-refractivity contribution in [1.29, 1.82) is 0 Å². The van der Waals surface area contributed by atoms with Gasteiger partial charge in [-0.2, -0.15) is 0 Å². The predicted molar refractivity (Wildman–Crippen MR) is 57.0 cm³/mol. The molecule has 0 fully saturated rings. The molecule has 0 N–H and O–H groups in total. The van der Waals surface area contributed by atoms with Crippen molar-refractivity contribution >= 4 is 10.0 Å². The van der Waals surface area contributed by atoms with Crippen LogP contribution in [0.1, 0.15) is 5.56 Å². The first kappa shape index (κ1) is 12.1. The molecular weight excluding hydrogens is 217 g/mol. The quantitative estimate of drug-likeness (QED) is 0.786. The largest absolute Gasteiger partial charge is 0.251 e. The van der Waals surface area contributed by atoms with Gasteiger partial charge >= 0.3 is 0 Å². The number of rotatable bonds is 4. The summed E-state index contributed by atoms with van der Waals surface area (Å²) in [6, 6.07) is 6.48. The van der Waals surface area contributed by atoms with Gasteiger partial charge in [0, 0.05) is 20.5 Å². The summed E-state index contributed by atoms with van der Waals surface area (Å²) in [6.45, 7) is -0.556. The normalized spacial score (nSPS) is 12.0. The maximum atomic E-state index is 12.2. The van der Waals surface area contributed by atoms with Crippen LogP contribution in [0.4, 0.5) is 4.39 Å². The van der Waals surface area contributed by atoms with Crippen molar-refractivity contribution in [2.75, 3.05) is 20.8 Å². The third-order valence-corrected chi connectivity index (χ3v) is 4.01. The van der Waals surface area contributed by atoms with Crippen molar-refractivity contribution in [1.82, 2.24) is 4.31 Å². The van der Waals surface area contributed by atoms with E-state index in [9.17, 15) is 12.8 Å². The highest BCUT2D eigenvalue weighted by molar-refractivity contribution is 7.89. The Balaban J connectivity index is 3.25. The van der Waals surface area contributed by atoms with Gasteiger partial charge in [-0.25, -0.2) is 12.7 Å². The van der Waals surface area contributed by atoms with Crippen LogP contribution < -0.4 is 0 Å². The summed E-state index contributed by atoms with van der Waals surface area (Å²) in [7, 11) is -0.543. The molecule has 84 valence electrons. The average Bonchev–Trinajstić information content (AvgIpc) is 2.18. The lowest BCUT2D eigenvalue weighted by atomic mass is 10.2. The van der Waals surface area contributed by atoms with Gasteiger partial charge in [-0.05, 0) is 11.6 Å². The van der Waals surface area contributed by atoms with E-state index >= 15 is 0 Å². The van der Waals surface area contributed by atoms with Crippen LogP contribution in [0.15, 0.2) is 29.2 Å². The summed E-state index contributed by atoms with van der Waals surface area (Å²) in [5.74, 6) is 0. The van der Waals surface area contributed by atoms with Crippen LogP contribution in [0.25, 0.3) is 0 Å². The summed E-state index contributed by atoms with van der Waals surface area (Å²) >= 11 is 0. The van der Waals surface area contributed by atoms with Crippen LogP contribution >= 0.6 is 0 Å². The number of hydrogen-bond acceptors (Lipinski definition) is 2. The molecule has 15 heavy (non-hydrogen) atoms. The van der Waals surface area contributed by atoms with E-state index in [0.717, 1.165) is 4.31 Å². The van der Waals surface area contributed by atoms with Crippen molar-refractivity contribution < 1.29 is 12.8 Å². The number of alkyl halides is 1. The molecule has 0 unspecified atom stereocenters. The topological polar surface area (TPSA) is 37.4 Å². The van der Waals surface area contributed by atoms with E-state index in [0.29, 0.717) is 5.56 Å². The van der Waals surface area contributed by atoms with E-state index in [1.54, 1.807) is 18.2 Å². The molecule has 0 saturated carbocycles. The summed E-state index contributed by atoms with van der Waals surface area (Å²) in [4.78, 5) is 0.188. The van der Waals surface area contributed by atoms with Gasteiger partial charge in [0.25, 0.3) is 0 Å². The minimum atomic E-state index is -3.46. The van der Waals surface area contributed by atoms with Crippen molar-refractivity contribution in [2.45, 2.75) is 11.3 Å². The zero-order chi connectivity index (χ0) is 11.5. The maximum Gasteiger partial charge on any atom is 0.242 e. The number of aryl methyl sites for hydroxylation is 1. The standard InChI is InChI=1S/C10H14FNO2S/c1-12(2)15(13,14)10-6-4-3-5-9(10)7-8-11/h3-6H,7-8H2,1-2H3. The van der Waals surface area contributed by atoms with Gasteiger partial charge in [0.05, 0.1) is 11.6 Å². The number of nitrogens with zero attached hydrogens (tertiary/aromatic N) is 1. The Morgan fingerprint density at radius 2 is 1.87 bits per heavy atom. The molecule has 5 heteroatoms. The van der Waals surface area contributed by atoms with Crippen LogP contribution in [-0.4, -0.2) is 33.5 Å². The smallest absolute Gasteiger partial charge is 0.242 e. The van der Waals surface area contributed by atoms with Gasteiger partial charge in [-0.3, -0.25) is 4.39 Å². The van der Waals surface area contributed by atoms with E-state index in [4.69, 9.17) is 0 Å². The Morgan fingerprint density at radius 3 is 2.40 bits per heavy atom. The highest BCUT2D eigenvalue weighted by atomic mass is 32.2. The molecule has 0 amide bonds. The van der Waals surface area contributed by atoms with Crippen LogP contribution in [0.5, 0.6) is 0 Å². The Bertz CT molecular complexity index is 429. The molecule has 0 heterocycles. The van der Waals surface area contributed by atoms with Gasteiger partial charge < -0.3 is 0 Å². The van der Waals surface area contributed by atoms with Crippen LogP contribution in [0.2, 0.25) is 0 Å². The molecule has 1 aromatic carbocycles. The zero-order valence-electron chi connectivity index (χ0n) is 8.77.